The Kier molecular flexibility index (Phi) is 7.40. The van der Waals surface area contributed by atoms with E-state index in [1.54, 1.807) is 0 Å². The number of aliphatic hydroxyl groups excluding tert-OH is 1. The van der Waals surface area contributed by atoms with E-state index < -0.39 is 0 Å². The summed E-state index contributed by atoms with van der Waals surface area (Å²) in [5.74, 6) is -0.0625. The standard InChI is InChI=1S/C35H19N2O.C5H8O2.Ir/c1-2-9-21(10-3-1)23-12-8-14-30-32(23)33-34-26(20-27-24-11-4-5-15-31(24)38-35(27)33)25-19-22(16-17-29(25)37(30)34)28-13-6-7-18-36-28;1-4(6)3-5(2)7;/h1-15,17-20H;3,6H,1-2H3;/q-1;;/b;4-3-;. The average molecular weight is 776 g/mol. The van der Waals surface area contributed by atoms with Crippen LogP contribution in [0.5, 0.6) is 0 Å². The zero-order chi connectivity index (χ0) is 30.7. The van der Waals surface area contributed by atoms with Gasteiger partial charge in [0.05, 0.1) is 16.7 Å². The van der Waals surface area contributed by atoms with Gasteiger partial charge in [-0.05, 0) is 65.8 Å². The SMILES string of the molecule is CC(=O)/C=C(/C)O.[Ir].[c-]1cc2c(cc1-c1ccccn1)c1cc3c4ccccc4oc3c3c4c(-c5ccccc5)cccc4n2c13. The molecule has 6 heteroatoms. The van der Waals surface area contributed by atoms with Gasteiger partial charge >= 0.3 is 0 Å². The van der Waals surface area contributed by atoms with Crippen molar-refractivity contribution in [3.8, 4) is 22.4 Å². The number of carbonyl (C=O) groups is 1. The first-order chi connectivity index (χ1) is 22.0. The molecule has 1 radical (unpaired) electrons. The van der Waals surface area contributed by atoms with Crippen LogP contribution in [0.2, 0.25) is 0 Å². The zero-order valence-electron chi connectivity index (χ0n) is 25.0. The predicted molar refractivity (Wildman–Crippen MR) is 183 cm³/mol. The Balaban J connectivity index is 0.000000384. The molecule has 0 aliphatic heterocycles. The van der Waals surface area contributed by atoms with Crippen LogP contribution in [0.3, 0.4) is 0 Å². The van der Waals surface area contributed by atoms with E-state index in [2.05, 4.69) is 100 Å². The van der Waals surface area contributed by atoms with Crippen molar-refractivity contribution in [2.75, 3.05) is 0 Å². The van der Waals surface area contributed by atoms with Gasteiger partial charge in [0.2, 0.25) is 0 Å². The quantitative estimate of drug-likeness (QED) is 0.110. The summed E-state index contributed by atoms with van der Waals surface area (Å²) < 4.78 is 9.02. The number of pyridine rings is 1. The van der Waals surface area contributed by atoms with Crippen LogP contribution in [-0.2, 0) is 24.9 Å². The Bertz CT molecular complexity index is 2580. The molecular formula is C40H27IrN2O3-. The van der Waals surface area contributed by atoms with Crippen molar-refractivity contribution in [2.24, 2.45) is 0 Å². The van der Waals surface area contributed by atoms with Crippen LogP contribution in [-0.4, -0.2) is 20.3 Å². The summed E-state index contributed by atoms with van der Waals surface area (Å²) in [6, 6.07) is 41.8. The van der Waals surface area contributed by atoms with Gasteiger partial charge in [0, 0.05) is 54.1 Å². The Morgan fingerprint density at radius 1 is 0.804 bits per heavy atom. The van der Waals surface area contributed by atoms with Crippen LogP contribution in [0, 0.1) is 6.07 Å². The number of carbonyl (C=O) groups excluding carboxylic acids is 1. The molecule has 9 rings (SSSR count). The number of benzene rings is 5. The molecule has 0 saturated heterocycles. The Morgan fingerprint density at radius 2 is 1.59 bits per heavy atom. The van der Waals surface area contributed by atoms with E-state index in [9.17, 15) is 4.79 Å². The van der Waals surface area contributed by atoms with Crippen LogP contribution >= 0.6 is 0 Å². The minimum absolute atomic E-state index is 0. The van der Waals surface area contributed by atoms with Gasteiger partial charge in [-0.25, -0.2) is 0 Å². The molecule has 0 aliphatic carbocycles. The number of fused-ring (bicyclic) bond motifs is 10. The summed E-state index contributed by atoms with van der Waals surface area (Å²) in [4.78, 5) is 14.6. The van der Waals surface area contributed by atoms with E-state index in [1.807, 2.05) is 30.5 Å². The second kappa shape index (κ2) is 11.6. The van der Waals surface area contributed by atoms with Crippen LogP contribution < -0.4 is 0 Å². The molecule has 1 N–H and O–H groups in total. The molecule has 0 unspecified atom stereocenters. The second-order valence-corrected chi connectivity index (χ2v) is 11.3. The number of nitrogens with zero attached hydrogens (tertiary/aromatic N) is 2. The Labute approximate surface area is 278 Å². The van der Waals surface area contributed by atoms with E-state index in [0.717, 1.165) is 38.7 Å². The molecule has 0 aliphatic rings. The van der Waals surface area contributed by atoms with E-state index in [0.29, 0.717) is 0 Å². The summed E-state index contributed by atoms with van der Waals surface area (Å²) in [6.07, 6.45) is 3.00. The summed E-state index contributed by atoms with van der Waals surface area (Å²) in [5.41, 5.74) is 9.69. The van der Waals surface area contributed by atoms with Gasteiger partial charge < -0.3 is 18.9 Å². The van der Waals surface area contributed by atoms with E-state index in [1.165, 1.54) is 63.6 Å². The number of furan rings is 1. The minimum atomic E-state index is -0.125. The fourth-order valence-electron chi connectivity index (χ4n) is 6.59. The van der Waals surface area contributed by atoms with Gasteiger partial charge in [-0.15, -0.1) is 23.8 Å². The third kappa shape index (κ3) is 4.66. The number of aliphatic hydroxyl groups is 1. The first-order valence-electron chi connectivity index (χ1n) is 14.8. The van der Waals surface area contributed by atoms with E-state index in [-0.39, 0.29) is 31.6 Å². The van der Waals surface area contributed by atoms with Crippen molar-refractivity contribution in [3.05, 3.63) is 133 Å². The van der Waals surface area contributed by atoms with Gasteiger partial charge in [0.15, 0.2) is 5.78 Å². The summed E-state index contributed by atoms with van der Waals surface area (Å²) in [7, 11) is 0. The Hall–Kier alpha value is -5.29. The second-order valence-electron chi connectivity index (χ2n) is 11.3. The molecule has 9 aromatic rings. The first-order valence-corrected chi connectivity index (χ1v) is 14.8. The van der Waals surface area contributed by atoms with Crippen LogP contribution in [0.4, 0.5) is 0 Å². The van der Waals surface area contributed by atoms with E-state index >= 15 is 0 Å². The van der Waals surface area contributed by atoms with Crippen molar-refractivity contribution in [2.45, 2.75) is 13.8 Å². The third-order valence-corrected chi connectivity index (χ3v) is 8.30. The Morgan fingerprint density at radius 3 is 2.33 bits per heavy atom. The number of aromatic nitrogens is 2. The third-order valence-electron chi connectivity index (χ3n) is 8.30. The first kappa shape index (κ1) is 29.4. The van der Waals surface area contributed by atoms with Crippen LogP contribution in [0.25, 0.3) is 82.4 Å². The topological polar surface area (TPSA) is 67.7 Å². The molecule has 4 aromatic heterocycles. The minimum Gasteiger partial charge on any atom is -0.512 e. The largest absolute Gasteiger partial charge is 0.512 e. The average Bonchev–Trinajstić information content (AvgIpc) is 3.71. The molecule has 0 fully saturated rings. The number of hydrogen-bond acceptors (Lipinski definition) is 4. The zero-order valence-corrected chi connectivity index (χ0v) is 27.4. The maximum atomic E-state index is 10.0. The van der Waals surface area contributed by atoms with Crippen molar-refractivity contribution in [3.63, 3.8) is 0 Å². The number of rotatable bonds is 3. The molecule has 225 valence electrons. The summed E-state index contributed by atoms with van der Waals surface area (Å²) in [5, 5.41) is 15.4. The van der Waals surface area contributed by atoms with Crippen molar-refractivity contribution < 1.29 is 34.4 Å². The van der Waals surface area contributed by atoms with Crippen molar-refractivity contribution >= 4 is 65.8 Å². The fourth-order valence-corrected chi connectivity index (χ4v) is 6.59. The van der Waals surface area contributed by atoms with Gasteiger partial charge in [0.25, 0.3) is 0 Å². The molecule has 5 nitrogen and oxygen atoms in total. The molecule has 0 spiro atoms. The van der Waals surface area contributed by atoms with Crippen LogP contribution in [0.15, 0.2) is 132 Å². The van der Waals surface area contributed by atoms with Crippen molar-refractivity contribution in [1.29, 1.82) is 0 Å². The maximum Gasteiger partial charge on any atom is 0.155 e. The number of ketones is 1. The monoisotopic (exact) mass is 776 g/mol. The molecular weight excluding hydrogens is 749 g/mol. The molecule has 0 saturated carbocycles. The maximum absolute atomic E-state index is 10.0. The molecule has 0 amide bonds. The molecule has 0 atom stereocenters. The summed E-state index contributed by atoms with van der Waals surface area (Å²) in [6.45, 7) is 2.85. The number of para-hydroxylation sites is 1. The van der Waals surface area contributed by atoms with Crippen molar-refractivity contribution in [1.82, 2.24) is 9.38 Å². The molecule has 0 bridgehead atoms. The molecule has 46 heavy (non-hydrogen) atoms. The van der Waals surface area contributed by atoms with Gasteiger partial charge in [-0.1, -0.05) is 78.2 Å². The molecule has 5 aromatic carbocycles. The van der Waals surface area contributed by atoms with Gasteiger partial charge in [-0.3, -0.25) is 4.79 Å². The number of hydrogen-bond donors (Lipinski definition) is 1. The van der Waals surface area contributed by atoms with Gasteiger partial charge in [0.1, 0.15) is 11.2 Å². The van der Waals surface area contributed by atoms with E-state index in [4.69, 9.17) is 9.52 Å². The predicted octanol–water partition coefficient (Wildman–Crippen LogP) is 10.3. The molecule has 4 heterocycles. The van der Waals surface area contributed by atoms with Crippen LogP contribution in [0.1, 0.15) is 13.8 Å². The smallest absolute Gasteiger partial charge is 0.155 e. The summed E-state index contributed by atoms with van der Waals surface area (Å²) >= 11 is 0. The fraction of sp³-hybridized carbons (Fsp3) is 0.0500. The number of allylic oxidation sites excluding steroid dienone is 2. The van der Waals surface area contributed by atoms with Gasteiger partial charge in [-0.2, -0.15) is 0 Å². The normalized spacial score (nSPS) is 11.8.